The van der Waals surface area contributed by atoms with E-state index in [0.717, 1.165) is 6.61 Å². The fourth-order valence-electron chi connectivity index (χ4n) is 1.22. The molecule has 1 fully saturated rings. The first-order valence-electron chi connectivity index (χ1n) is 4.76. The van der Waals surface area contributed by atoms with Crippen LogP contribution >= 0.6 is 0 Å². The highest BCUT2D eigenvalue weighted by Crippen LogP contribution is 2.28. The highest BCUT2D eigenvalue weighted by atomic mass is 16.6. The normalized spacial score (nSPS) is 23.7. The van der Waals surface area contributed by atoms with Gasteiger partial charge < -0.3 is 4.74 Å². The van der Waals surface area contributed by atoms with E-state index in [0.29, 0.717) is 11.5 Å². The monoisotopic (exact) mass is 156 g/mol. The smallest absolute Gasteiger partial charge is 0.0810 e. The summed E-state index contributed by atoms with van der Waals surface area (Å²) < 4.78 is 5.16. The lowest BCUT2D eigenvalue weighted by Crippen LogP contribution is -2.09. The van der Waals surface area contributed by atoms with Gasteiger partial charge in [0, 0.05) is 0 Å². The molecule has 0 aromatic heterocycles. The lowest BCUT2D eigenvalue weighted by Gasteiger charge is -2.21. The molecule has 0 amide bonds. The van der Waals surface area contributed by atoms with Crippen LogP contribution in [0.15, 0.2) is 0 Å². The molecule has 1 heteroatoms. The molecule has 1 unspecified atom stereocenters. The zero-order valence-corrected chi connectivity index (χ0v) is 8.02. The summed E-state index contributed by atoms with van der Waals surface area (Å²) in [7, 11) is 0. The predicted molar refractivity (Wildman–Crippen MR) is 47.7 cm³/mol. The minimum atomic E-state index is 0.550. The van der Waals surface area contributed by atoms with Crippen molar-refractivity contribution in [1.29, 1.82) is 0 Å². The Bertz CT molecular complexity index is 114. The van der Waals surface area contributed by atoms with Crippen LogP contribution in [0.5, 0.6) is 0 Å². The van der Waals surface area contributed by atoms with E-state index in [1.165, 1.54) is 25.7 Å². The summed E-state index contributed by atoms with van der Waals surface area (Å²) in [5.74, 6) is 0. The second-order valence-corrected chi connectivity index (χ2v) is 4.37. The van der Waals surface area contributed by atoms with E-state index in [-0.39, 0.29) is 0 Å². The molecule has 0 aromatic rings. The third kappa shape index (κ3) is 3.76. The molecule has 1 nitrogen and oxygen atoms in total. The summed E-state index contributed by atoms with van der Waals surface area (Å²) in [4.78, 5) is 0. The van der Waals surface area contributed by atoms with Crippen LogP contribution in [-0.2, 0) is 4.74 Å². The summed E-state index contributed by atoms with van der Waals surface area (Å²) in [5, 5.41) is 0. The third-order valence-corrected chi connectivity index (χ3v) is 2.74. The van der Waals surface area contributed by atoms with Crippen LogP contribution in [0.2, 0.25) is 0 Å². The first kappa shape index (κ1) is 9.05. The van der Waals surface area contributed by atoms with E-state index in [1.807, 2.05) is 0 Å². The molecule has 0 aromatic carbocycles. The lowest BCUT2D eigenvalue weighted by molar-refractivity contribution is 0.297. The van der Waals surface area contributed by atoms with E-state index in [2.05, 4.69) is 20.8 Å². The fraction of sp³-hybridized carbons (Fsp3) is 1.00. The van der Waals surface area contributed by atoms with Crippen molar-refractivity contribution in [1.82, 2.24) is 0 Å². The predicted octanol–water partition coefficient (Wildman–Crippen LogP) is 2.99. The number of hydrogen-bond donors (Lipinski definition) is 0. The minimum absolute atomic E-state index is 0.550. The molecule has 1 aliphatic heterocycles. The van der Waals surface area contributed by atoms with Crippen molar-refractivity contribution in [3.05, 3.63) is 0 Å². The van der Waals surface area contributed by atoms with Gasteiger partial charge in [-0.05, 0) is 18.3 Å². The van der Waals surface area contributed by atoms with Crippen LogP contribution < -0.4 is 0 Å². The first-order valence-corrected chi connectivity index (χ1v) is 4.76. The maximum absolute atomic E-state index is 5.16. The topological polar surface area (TPSA) is 12.5 Å². The molecule has 1 saturated heterocycles. The van der Waals surface area contributed by atoms with E-state index in [9.17, 15) is 0 Å². The Morgan fingerprint density at radius 1 is 1.45 bits per heavy atom. The second-order valence-electron chi connectivity index (χ2n) is 4.37. The van der Waals surface area contributed by atoms with Gasteiger partial charge in [0.15, 0.2) is 0 Å². The van der Waals surface area contributed by atoms with E-state index < -0.39 is 0 Å². The van der Waals surface area contributed by atoms with Gasteiger partial charge in [0.1, 0.15) is 0 Å². The summed E-state index contributed by atoms with van der Waals surface area (Å²) in [6, 6.07) is 0. The van der Waals surface area contributed by atoms with Crippen LogP contribution in [-0.4, -0.2) is 12.7 Å². The van der Waals surface area contributed by atoms with Crippen molar-refractivity contribution >= 4 is 0 Å². The molecule has 0 spiro atoms. The maximum Gasteiger partial charge on any atom is 0.0810 e. The molecule has 0 aliphatic carbocycles. The van der Waals surface area contributed by atoms with Crippen molar-refractivity contribution in [2.75, 3.05) is 6.61 Å². The molecule has 1 aliphatic rings. The highest BCUT2D eigenvalue weighted by molar-refractivity contribution is 4.72. The Kier molecular flexibility index (Phi) is 2.94. The van der Waals surface area contributed by atoms with Gasteiger partial charge >= 0.3 is 0 Å². The molecular formula is C10H20O. The van der Waals surface area contributed by atoms with Gasteiger partial charge in [-0.1, -0.05) is 33.6 Å². The van der Waals surface area contributed by atoms with Crippen LogP contribution in [0.1, 0.15) is 46.5 Å². The Hall–Kier alpha value is -0.0400. The van der Waals surface area contributed by atoms with Crippen LogP contribution in [0.3, 0.4) is 0 Å². The molecular weight excluding hydrogens is 136 g/mol. The van der Waals surface area contributed by atoms with Gasteiger partial charge in [-0.15, -0.1) is 0 Å². The fourth-order valence-corrected chi connectivity index (χ4v) is 1.22. The number of ether oxygens (including phenoxy) is 1. The van der Waals surface area contributed by atoms with Crippen molar-refractivity contribution < 1.29 is 4.74 Å². The SMILES string of the molecule is CCC(C)(C)CCCC1CO1. The molecule has 11 heavy (non-hydrogen) atoms. The Morgan fingerprint density at radius 2 is 2.09 bits per heavy atom. The summed E-state index contributed by atoms with van der Waals surface area (Å²) in [6.45, 7) is 7.99. The average molecular weight is 156 g/mol. The van der Waals surface area contributed by atoms with Crippen LogP contribution in [0.25, 0.3) is 0 Å². The van der Waals surface area contributed by atoms with Gasteiger partial charge in [-0.2, -0.15) is 0 Å². The highest BCUT2D eigenvalue weighted by Gasteiger charge is 2.23. The molecule has 0 N–H and O–H groups in total. The molecule has 1 heterocycles. The molecule has 1 atom stereocenters. The van der Waals surface area contributed by atoms with Crippen molar-refractivity contribution in [3.8, 4) is 0 Å². The summed E-state index contributed by atoms with van der Waals surface area (Å²) in [5.41, 5.74) is 0.550. The number of hydrogen-bond acceptors (Lipinski definition) is 1. The van der Waals surface area contributed by atoms with Crippen molar-refractivity contribution in [2.24, 2.45) is 5.41 Å². The van der Waals surface area contributed by atoms with E-state index >= 15 is 0 Å². The summed E-state index contributed by atoms with van der Waals surface area (Å²) >= 11 is 0. The molecule has 66 valence electrons. The van der Waals surface area contributed by atoms with Gasteiger partial charge in [0.25, 0.3) is 0 Å². The summed E-state index contributed by atoms with van der Waals surface area (Å²) in [6.07, 6.45) is 5.89. The van der Waals surface area contributed by atoms with Gasteiger partial charge in [0.2, 0.25) is 0 Å². The number of rotatable bonds is 5. The van der Waals surface area contributed by atoms with Gasteiger partial charge in [-0.3, -0.25) is 0 Å². The maximum atomic E-state index is 5.16. The quantitative estimate of drug-likeness (QED) is 0.557. The lowest BCUT2D eigenvalue weighted by atomic mass is 9.84. The first-order chi connectivity index (χ1) is 5.14. The number of epoxide rings is 1. The van der Waals surface area contributed by atoms with Gasteiger partial charge in [-0.25, -0.2) is 0 Å². The Balaban J connectivity index is 1.99. The van der Waals surface area contributed by atoms with Gasteiger partial charge in [0.05, 0.1) is 12.7 Å². The second kappa shape index (κ2) is 3.57. The van der Waals surface area contributed by atoms with E-state index in [1.54, 1.807) is 0 Å². The Morgan fingerprint density at radius 3 is 2.55 bits per heavy atom. The molecule has 0 saturated carbocycles. The van der Waals surface area contributed by atoms with Crippen LogP contribution in [0, 0.1) is 5.41 Å². The zero-order valence-electron chi connectivity index (χ0n) is 8.02. The Labute approximate surface area is 70.1 Å². The molecule has 1 rings (SSSR count). The standard InChI is InChI=1S/C10H20O/c1-4-10(2,3)7-5-6-9-8-11-9/h9H,4-8H2,1-3H3. The average Bonchev–Trinajstić information content (AvgIpc) is 2.71. The van der Waals surface area contributed by atoms with Crippen LogP contribution in [0.4, 0.5) is 0 Å². The minimum Gasteiger partial charge on any atom is -0.373 e. The molecule has 0 radical (unpaired) electrons. The van der Waals surface area contributed by atoms with Crippen molar-refractivity contribution in [2.45, 2.75) is 52.6 Å². The molecule has 0 bridgehead atoms. The third-order valence-electron chi connectivity index (χ3n) is 2.74. The zero-order chi connectivity index (χ0) is 8.32. The van der Waals surface area contributed by atoms with Crippen molar-refractivity contribution in [3.63, 3.8) is 0 Å². The van der Waals surface area contributed by atoms with E-state index in [4.69, 9.17) is 4.74 Å². The largest absolute Gasteiger partial charge is 0.373 e.